The van der Waals surface area contributed by atoms with Crippen LogP contribution in [0.2, 0.25) is 0 Å². The lowest BCUT2D eigenvalue weighted by Crippen LogP contribution is -2.31. The number of hydrogen-bond acceptors (Lipinski definition) is 6. The van der Waals surface area contributed by atoms with E-state index in [4.69, 9.17) is 15.6 Å². The fourth-order valence-electron chi connectivity index (χ4n) is 3.96. The third kappa shape index (κ3) is 6.50. The third-order valence-corrected chi connectivity index (χ3v) is 6.22. The molecule has 5 N–H and O–H groups in total. The highest BCUT2D eigenvalue weighted by molar-refractivity contribution is 6.16. The minimum atomic E-state index is -0.136. The Morgan fingerprint density at radius 1 is 1.23 bits per heavy atom. The van der Waals surface area contributed by atoms with Crippen LogP contribution in [0.3, 0.4) is 0 Å². The summed E-state index contributed by atoms with van der Waals surface area (Å²) in [4.78, 5) is 12.2. The van der Waals surface area contributed by atoms with E-state index in [2.05, 4.69) is 35.0 Å². The van der Waals surface area contributed by atoms with Crippen LogP contribution in [0.4, 0.5) is 5.69 Å². The molecule has 0 aliphatic heterocycles. The number of carbonyl (C=O) groups excluding carboxylic acids is 1. The molecule has 2 saturated carbocycles. The molecule has 0 unspecified atom stereocenters. The second-order valence-corrected chi connectivity index (χ2v) is 8.76. The molecule has 0 atom stereocenters. The zero-order valence-electron chi connectivity index (χ0n) is 21.2. The molecule has 0 bridgehead atoms. The zero-order valence-corrected chi connectivity index (χ0v) is 21.2. The Morgan fingerprint density at radius 2 is 1.97 bits per heavy atom. The van der Waals surface area contributed by atoms with Gasteiger partial charge in [-0.25, -0.2) is 0 Å². The average molecular weight is 476 g/mol. The summed E-state index contributed by atoms with van der Waals surface area (Å²) in [7, 11) is 3.44. The molecule has 7 heteroatoms. The van der Waals surface area contributed by atoms with Crippen molar-refractivity contribution in [2.45, 2.75) is 52.4 Å². The van der Waals surface area contributed by atoms with Gasteiger partial charge in [0, 0.05) is 24.6 Å². The SMILES string of the molecule is C/C=C(\C=C/CC)c1cccc(N/C(=C/C(=N)NC(=O)C2CC2)C(=N)C(NC)=C2CCC2)c1OC. The minimum absolute atomic E-state index is 0.00298. The van der Waals surface area contributed by atoms with Crippen LogP contribution in [-0.2, 0) is 4.79 Å². The van der Waals surface area contributed by atoms with Gasteiger partial charge in [-0.15, -0.1) is 0 Å². The van der Waals surface area contributed by atoms with Gasteiger partial charge in [0.05, 0.1) is 24.2 Å². The summed E-state index contributed by atoms with van der Waals surface area (Å²) in [5.41, 5.74) is 5.25. The van der Waals surface area contributed by atoms with Crippen molar-refractivity contribution in [3.8, 4) is 5.75 Å². The molecule has 0 radical (unpaired) electrons. The largest absolute Gasteiger partial charge is 0.494 e. The van der Waals surface area contributed by atoms with Crippen LogP contribution in [0.1, 0.15) is 57.9 Å². The van der Waals surface area contributed by atoms with Crippen LogP contribution in [0.5, 0.6) is 5.75 Å². The quantitative estimate of drug-likeness (QED) is 0.164. The highest BCUT2D eigenvalue weighted by Gasteiger charge is 2.30. The van der Waals surface area contributed by atoms with E-state index in [1.807, 2.05) is 38.2 Å². The highest BCUT2D eigenvalue weighted by atomic mass is 16.5. The molecule has 2 aliphatic rings. The van der Waals surface area contributed by atoms with Crippen LogP contribution >= 0.6 is 0 Å². The number of rotatable bonds is 11. The van der Waals surface area contributed by atoms with Gasteiger partial charge in [-0.05, 0) is 62.7 Å². The van der Waals surface area contributed by atoms with Gasteiger partial charge < -0.3 is 20.7 Å². The summed E-state index contributed by atoms with van der Waals surface area (Å²) in [5.74, 6) is 0.467. The molecule has 0 aromatic heterocycles. The van der Waals surface area contributed by atoms with Gasteiger partial charge in [0.2, 0.25) is 5.91 Å². The average Bonchev–Trinajstić information content (AvgIpc) is 3.66. The van der Waals surface area contributed by atoms with Gasteiger partial charge in [0.15, 0.2) is 0 Å². The molecule has 35 heavy (non-hydrogen) atoms. The molecule has 186 valence electrons. The van der Waals surface area contributed by atoms with Gasteiger partial charge >= 0.3 is 0 Å². The molecule has 2 fully saturated rings. The first kappa shape index (κ1) is 26.0. The summed E-state index contributed by atoms with van der Waals surface area (Å²) < 4.78 is 5.81. The Morgan fingerprint density at radius 3 is 2.51 bits per heavy atom. The standard InChI is InChI=1S/C28H37N5O2/c1-5-7-10-18(6-2)21-13-9-14-22(27(21)35-4)32-23(17-24(29)33-28(34)20-15-16-20)25(30)26(31-3)19-11-8-12-19/h6-7,9-10,13-14,17,20,30-32H,5,8,11-12,15-16H2,1-4H3,(H2,29,33,34)/b10-7-,18-6+,23-17+,30-25?. The van der Waals surface area contributed by atoms with Gasteiger partial charge in [-0.1, -0.05) is 37.3 Å². The predicted molar refractivity (Wildman–Crippen MR) is 144 cm³/mol. The van der Waals surface area contributed by atoms with Crippen molar-refractivity contribution >= 4 is 28.7 Å². The van der Waals surface area contributed by atoms with Gasteiger partial charge in [-0.2, -0.15) is 0 Å². The first-order valence-corrected chi connectivity index (χ1v) is 12.3. The number of allylic oxidation sites excluding steroid dienone is 5. The lowest BCUT2D eigenvalue weighted by atomic mass is 9.88. The number of para-hydroxylation sites is 1. The maximum atomic E-state index is 12.2. The molecular formula is C28H37N5O2. The Bertz CT molecular complexity index is 1100. The Hall–Kier alpha value is -3.61. The van der Waals surface area contributed by atoms with Crippen LogP contribution in [0, 0.1) is 16.7 Å². The Balaban J connectivity index is 1.99. The summed E-state index contributed by atoms with van der Waals surface area (Å²) in [6.07, 6.45) is 13.4. The first-order valence-electron chi connectivity index (χ1n) is 12.3. The van der Waals surface area contributed by atoms with Gasteiger partial charge in [0.1, 0.15) is 17.3 Å². The van der Waals surface area contributed by atoms with E-state index in [0.29, 0.717) is 17.1 Å². The van der Waals surface area contributed by atoms with Crippen molar-refractivity contribution in [3.05, 3.63) is 65.0 Å². The topological polar surface area (TPSA) is 110 Å². The molecule has 3 rings (SSSR count). The maximum absolute atomic E-state index is 12.2. The van der Waals surface area contributed by atoms with E-state index < -0.39 is 0 Å². The van der Waals surface area contributed by atoms with Crippen molar-refractivity contribution in [2.24, 2.45) is 5.92 Å². The van der Waals surface area contributed by atoms with E-state index in [0.717, 1.165) is 55.4 Å². The smallest absolute Gasteiger partial charge is 0.228 e. The lowest BCUT2D eigenvalue weighted by Gasteiger charge is -2.24. The summed E-state index contributed by atoms with van der Waals surface area (Å²) in [5, 5.41) is 26.5. The second kappa shape index (κ2) is 12.2. The molecule has 1 amide bonds. The Labute approximate surface area is 208 Å². The number of amides is 1. The van der Waals surface area contributed by atoms with E-state index in [1.54, 1.807) is 7.11 Å². The zero-order chi connectivity index (χ0) is 25.4. The maximum Gasteiger partial charge on any atom is 0.228 e. The molecule has 7 nitrogen and oxygen atoms in total. The first-order chi connectivity index (χ1) is 16.9. The number of methoxy groups -OCH3 is 1. The Kier molecular flexibility index (Phi) is 9.06. The number of anilines is 1. The van der Waals surface area contributed by atoms with Gasteiger partial charge in [-0.3, -0.25) is 15.6 Å². The molecule has 1 aromatic rings. The monoisotopic (exact) mass is 475 g/mol. The van der Waals surface area contributed by atoms with E-state index >= 15 is 0 Å². The fourth-order valence-corrected chi connectivity index (χ4v) is 3.96. The molecule has 0 spiro atoms. The van der Waals surface area contributed by atoms with Crippen molar-refractivity contribution in [2.75, 3.05) is 19.5 Å². The molecule has 0 saturated heterocycles. The summed E-state index contributed by atoms with van der Waals surface area (Å²) >= 11 is 0. The van der Waals surface area contributed by atoms with Crippen molar-refractivity contribution < 1.29 is 9.53 Å². The number of hydrogen-bond donors (Lipinski definition) is 5. The minimum Gasteiger partial charge on any atom is -0.494 e. The van der Waals surface area contributed by atoms with Crippen LogP contribution < -0.4 is 20.7 Å². The molecule has 0 heterocycles. The predicted octanol–water partition coefficient (Wildman–Crippen LogP) is 5.54. The number of nitrogens with one attached hydrogen (secondary N) is 5. The second-order valence-electron chi connectivity index (χ2n) is 8.76. The van der Waals surface area contributed by atoms with E-state index in [1.165, 1.54) is 11.6 Å². The normalized spacial score (nSPS) is 15.9. The van der Waals surface area contributed by atoms with E-state index in [-0.39, 0.29) is 23.4 Å². The van der Waals surface area contributed by atoms with Crippen molar-refractivity contribution in [1.29, 1.82) is 10.8 Å². The third-order valence-electron chi connectivity index (χ3n) is 6.22. The fraction of sp³-hybridized carbons (Fsp3) is 0.393. The summed E-state index contributed by atoms with van der Waals surface area (Å²) in [6.45, 7) is 4.08. The van der Waals surface area contributed by atoms with Crippen LogP contribution in [-0.4, -0.2) is 31.6 Å². The van der Waals surface area contributed by atoms with E-state index in [9.17, 15) is 4.79 Å². The van der Waals surface area contributed by atoms with Crippen LogP contribution in [0.25, 0.3) is 5.57 Å². The number of ether oxygens (including phenoxy) is 1. The number of amidine groups is 1. The highest BCUT2D eigenvalue weighted by Crippen LogP contribution is 2.36. The molecular weight excluding hydrogens is 438 g/mol. The number of benzene rings is 1. The van der Waals surface area contributed by atoms with Crippen molar-refractivity contribution in [1.82, 2.24) is 10.6 Å². The number of carbonyl (C=O) groups is 1. The lowest BCUT2D eigenvalue weighted by molar-refractivity contribution is -0.120. The van der Waals surface area contributed by atoms with Crippen LogP contribution in [0.15, 0.2) is 59.5 Å². The molecule has 1 aromatic carbocycles. The van der Waals surface area contributed by atoms with Gasteiger partial charge in [0.25, 0.3) is 0 Å². The van der Waals surface area contributed by atoms with Crippen molar-refractivity contribution in [3.63, 3.8) is 0 Å². The summed E-state index contributed by atoms with van der Waals surface area (Å²) in [6, 6.07) is 5.83. The molecule has 2 aliphatic carbocycles.